The van der Waals surface area contributed by atoms with Crippen molar-refractivity contribution in [2.24, 2.45) is 0 Å². The van der Waals surface area contributed by atoms with Crippen molar-refractivity contribution < 1.29 is 4.79 Å². The third-order valence-electron chi connectivity index (χ3n) is 3.88. The van der Waals surface area contributed by atoms with Gasteiger partial charge in [0, 0.05) is 10.9 Å². The van der Waals surface area contributed by atoms with Gasteiger partial charge in [-0.3, -0.25) is 9.78 Å². The summed E-state index contributed by atoms with van der Waals surface area (Å²) < 4.78 is 1.73. The molecule has 0 radical (unpaired) electrons. The molecular weight excluding hydrogens is 314 g/mol. The van der Waals surface area contributed by atoms with Crippen molar-refractivity contribution >= 4 is 22.5 Å². The minimum absolute atomic E-state index is 0.163. The highest BCUT2D eigenvalue weighted by Crippen LogP contribution is 2.17. The van der Waals surface area contributed by atoms with Crippen LogP contribution in [0.2, 0.25) is 0 Å². The van der Waals surface area contributed by atoms with Gasteiger partial charge >= 0.3 is 0 Å². The molecule has 0 spiro atoms. The van der Waals surface area contributed by atoms with Crippen molar-refractivity contribution in [1.82, 2.24) is 19.7 Å². The van der Waals surface area contributed by atoms with Gasteiger partial charge < -0.3 is 5.32 Å². The molecule has 0 saturated heterocycles. The molecule has 0 aliphatic carbocycles. The Labute approximate surface area is 144 Å². The van der Waals surface area contributed by atoms with Crippen LogP contribution in [0.3, 0.4) is 0 Å². The van der Waals surface area contributed by atoms with E-state index in [0.717, 1.165) is 16.5 Å². The smallest absolute Gasteiger partial charge is 0.255 e. The van der Waals surface area contributed by atoms with Gasteiger partial charge in [0.25, 0.3) is 5.91 Å². The van der Waals surface area contributed by atoms with E-state index in [2.05, 4.69) is 20.4 Å². The van der Waals surface area contributed by atoms with Gasteiger partial charge in [0.15, 0.2) is 0 Å². The Morgan fingerprint density at radius 3 is 2.72 bits per heavy atom. The van der Waals surface area contributed by atoms with Gasteiger partial charge in [0.2, 0.25) is 0 Å². The number of pyridine rings is 1. The third kappa shape index (κ3) is 3.37. The number of anilines is 1. The van der Waals surface area contributed by atoms with Gasteiger partial charge in [0.1, 0.15) is 12.7 Å². The maximum Gasteiger partial charge on any atom is 0.255 e. The monoisotopic (exact) mass is 329 g/mol. The lowest BCUT2D eigenvalue weighted by Crippen LogP contribution is -2.12. The number of carbonyl (C=O) groups excluding carboxylic acids is 1. The van der Waals surface area contributed by atoms with Gasteiger partial charge in [0.05, 0.1) is 23.9 Å². The molecule has 0 fully saturated rings. The fourth-order valence-electron chi connectivity index (χ4n) is 2.61. The van der Waals surface area contributed by atoms with Gasteiger partial charge in [-0.1, -0.05) is 30.3 Å². The van der Waals surface area contributed by atoms with Crippen molar-refractivity contribution in [3.8, 4) is 0 Å². The van der Waals surface area contributed by atoms with Crippen LogP contribution in [-0.2, 0) is 6.54 Å². The van der Waals surface area contributed by atoms with Crippen LogP contribution in [0.15, 0.2) is 73.4 Å². The second-order valence-electron chi connectivity index (χ2n) is 5.66. The summed E-state index contributed by atoms with van der Waals surface area (Å²) in [4.78, 5) is 20.7. The van der Waals surface area contributed by atoms with E-state index in [1.807, 2.05) is 42.5 Å². The van der Waals surface area contributed by atoms with Crippen LogP contribution in [0, 0.1) is 0 Å². The molecule has 122 valence electrons. The summed E-state index contributed by atoms with van der Waals surface area (Å²) in [5, 5.41) is 7.94. The van der Waals surface area contributed by atoms with E-state index in [1.165, 1.54) is 6.33 Å². The van der Waals surface area contributed by atoms with Crippen molar-refractivity contribution in [2.45, 2.75) is 6.54 Å². The summed E-state index contributed by atoms with van der Waals surface area (Å²) in [6, 6.07) is 17.1. The minimum atomic E-state index is -0.163. The number of carbonyl (C=O) groups is 1. The van der Waals surface area contributed by atoms with Gasteiger partial charge in [-0.05, 0) is 29.8 Å². The molecule has 0 unspecified atom stereocenters. The molecule has 0 bridgehead atoms. The van der Waals surface area contributed by atoms with Gasteiger partial charge in [-0.25, -0.2) is 9.67 Å². The number of amides is 1. The Morgan fingerprint density at radius 1 is 1.08 bits per heavy atom. The quantitative estimate of drug-likeness (QED) is 0.624. The van der Waals surface area contributed by atoms with Crippen LogP contribution in [0.1, 0.15) is 15.9 Å². The average molecular weight is 329 g/mol. The Balaban J connectivity index is 1.48. The lowest BCUT2D eigenvalue weighted by molar-refractivity contribution is 0.102. The normalized spacial score (nSPS) is 10.7. The first-order valence-corrected chi connectivity index (χ1v) is 7.85. The summed E-state index contributed by atoms with van der Waals surface area (Å²) >= 11 is 0. The topological polar surface area (TPSA) is 72.7 Å². The standard InChI is InChI=1S/C19H15N5O/c25-19(23-17-9-16-3-1-2-4-18(16)21-10-17)15-7-5-14(6-8-15)11-24-13-20-12-22-24/h1-10,12-13H,11H2,(H,23,25). The average Bonchev–Trinajstić information content (AvgIpc) is 3.15. The summed E-state index contributed by atoms with van der Waals surface area (Å²) in [7, 11) is 0. The van der Waals surface area contributed by atoms with Crippen LogP contribution in [0.5, 0.6) is 0 Å². The first-order chi connectivity index (χ1) is 12.3. The number of para-hydroxylation sites is 1. The van der Waals surface area contributed by atoms with E-state index >= 15 is 0 Å². The molecule has 0 atom stereocenters. The van der Waals surface area contributed by atoms with Crippen molar-refractivity contribution in [1.29, 1.82) is 0 Å². The van der Waals surface area contributed by atoms with E-state index in [4.69, 9.17) is 0 Å². The number of benzene rings is 2. The van der Waals surface area contributed by atoms with Crippen molar-refractivity contribution in [3.05, 3.63) is 84.6 Å². The first-order valence-electron chi connectivity index (χ1n) is 7.85. The van der Waals surface area contributed by atoms with E-state index in [-0.39, 0.29) is 5.91 Å². The second kappa shape index (κ2) is 6.52. The Bertz CT molecular complexity index is 1010. The maximum absolute atomic E-state index is 12.4. The fourth-order valence-corrected chi connectivity index (χ4v) is 2.61. The molecule has 2 heterocycles. The van der Waals surface area contributed by atoms with Crippen LogP contribution in [0.25, 0.3) is 10.9 Å². The van der Waals surface area contributed by atoms with Crippen LogP contribution >= 0.6 is 0 Å². The second-order valence-corrected chi connectivity index (χ2v) is 5.66. The van der Waals surface area contributed by atoms with E-state index in [1.54, 1.807) is 29.3 Å². The highest BCUT2D eigenvalue weighted by Gasteiger charge is 2.07. The zero-order valence-electron chi connectivity index (χ0n) is 13.3. The molecule has 6 heteroatoms. The molecular formula is C19H15N5O. The van der Waals surface area contributed by atoms with Crippen LogP contribution in [-0.4, -0.2) is 25.7 Å². The highest BCUT2D eigenvalue weighted by molar-refractivity contribution is 6.04. The Kier molecular flexibility index (Phi) is 3.92. The van der Waals surface area contributed by atoms with Crippen molar-refractivity contribution in [3.63, 3.8) is 0 Å². The number of fused-ring (bicyclic) bond motifs is 1. The van der Waals surface area contributed by atoms with Crippen LogP contribution < -0.4 is 5.32 Å². The van der Waals surface area contributed by atoms with E-state index < -0.39 is 0 Å². The Morgan fingerprint density at radius 2 is 1.92 bits per heavy atom. The zero-order chi connectivity index (χ0) is 17.1. The molecule has 0 aliphatic rings. The molecule has 4 rings (SSSR count). The lowest BCUT2D eigenvalue weighted by Gasteiger charge is -2.07. The predicted molar refractivity (Wildman–Crippen MR) is 95.3 cm³/mol. The molecule has 1 N–H and O–H groups in total. The molecule has 2 aromatic heterocycles. The fraction of sp³-hybridized carbons (Fsp3) is 0.0526. The summed E-state index contributed by atoms with van der Waals surface area (Å²) in [5.41, 5.74) is 3.22. The number of hydrogen-bond acceptors (Lipinski definition) is 4. The third-order valence-corrected chi connectivity index (χ3v) is 3.88. The van der Waals surface area contributed by atoms with Crippen LogP contribution in [0.4, 0.5) is 5.69 Å². The minimum Gasteiger partial charge on any atom is -0.321 e. The summed E-state index contributed by atoms with van der Waals surface area (Å²) in [6.45, 7) is 0.622. The SMILES string of the molecule is O=C(Nc1cnc2ccccc2c1)c1ccc(Cn2cncn2)cc1. The molecule has 0 saturated carbocycles. The summed E-state index contributed by atoms with van der Waals surface area (Å²) in [6.07, 6.45) is 4.83. The molecule has 2 aromatic carbocycles. The number of nitrogens with zero attached hydrogens (tertiary/aromatic N) is 4. The number of nitrogens with one attached hydrogen (secondary N) is 1. The number of aromatic nitrogens is 4. The molecule has 1 amide bonds. The van der Waals surface area contributed by atoms with Gasteiger partial charge in [-0.15, -0.1) is 0 Å². The first kappa shape index (κ1) is 15.0. The lowest BCUT2D eigenvalue weighted by atomic mass is 10.1. The predicted octanol–water partition coefficient (Wildman–Crippen LogP) is 3.13. The maximum atomic E-state index is 12.4. The molecule has 4 aromatic rings. The summed E-state index contributed by atoms with van der Waals surface area (Å²) in [5.74, 6) is -0.163. The van der Waals surface area contributed by atoms with E-state index in [0.29, 0.717) is 17.8 Å². The van der Waals surface area contributed by atoms with E-state index in [9.17, 15) is 4.79 Å². The molecule has 0 aliphatic heterocycles. The number of rotatable bonds is 4. The Hall–Kier alpha value is -3.54. The van der Waals surface area contributed by atoms with Crippen molar-refractivity contribution in [2.75, 3.05) is 5.32 Å². The highest BCUT2D eigenvalue weighted by atomic mass is 16.1. The number of hydrogen-bond donors (Lipinski definition) is 1. The zero-order valence-corrected chi connectivity index (χ0v) is 13.3. The van der Waals surface area contributed by atoms with Gasteiger partial charge in [-0.2, -0.15) is 5.10 Å². The largest absolute Gasteiger partial charge is 0.321 e. The molecule has 25 heavy (non-hydrogen) atoms. The molecule has 6 nitrogen and oxygen atoms in total.